The zero-order valence-corrected chi connectivity index (χ0v) is 13.4. The Morgan fingerprint density at radius 2 is 1.72 bits per heavy atom. The molecule has 25 heavy (non-hydrogen) atoms. The summed E-state index contributed by atoms with van der Waals surface area (Å²) < 4.78 is 9.69. The van der Waals surface area contributed by atoms with E-state index in [9.17, 15) is 14.4 Å². The predicted molar refractivity (Wildman–Crippen MR) is 87.8 cm³/mol. The van der Waals surface area contributed by atoms with Gasteiger partial charge in [-0.1, -0.05) is 0 Å². The van der Waals surface area contributed by atoms with E-state index in [-0.39, 0.29) is 18.1 Å². The van der Waals surface area contributed by atoms with Gasteiger partial charge >= 0.3 is 11.9 Å². The predicted octanol–water partition coefficient (Wildman–Crippen LogP) is 1.03. The topological polar surface area (TPSA) is 134 Å². The molecule has 0 unspecified atom stereocenters. The number of nitrogens with zero attached hydrogens (tertiary/aromatic N) is 2. The number of hydrogen-bond donors (Lipinski definition) is 2. The van der Waals surface area contributed by atoms with Crippen LogP contribution in [0.5, 0.6) is 0 Å². The van der Waals surface area contributed by atoms with Crippen molar-refractivity contribution in [1.82, 2.24) is 9.97 Å². The first kappa shape index (κ1) is 17.9. The maximum Gasteiger partial charge on any atom is 0.361 e. The number of aromatic nitrogens is 2. The highest BCUT2D eigenvalue weighted by Crippen LogP contribution is 2.11. The van der Waals surface area contributed by atoms with Gasteiger partial charge in [-0.05, 0) is 31.2 Å². The van der Waals surface area contributed by atoms with Gasteiger partial charge in [0, 0.05) is 18.1 Å². The minimum Gasteiger partial charge on any atom is -0.462 e. The lowest BCUT2D eigenvalue weighted by molar-refractivity contribution is -0.119. The van der Waals surface area contributed by atoms with E-state index in [1.807, 2.05) is 0 Å². The lowest BCUT2D eigenvalue weighted by Crippen LogP contribution is -2.22. The molecular formula is C16H16N4O5. The molecule has 0 fully saturated rings. The molecule has 3 N–H and O–H groups in total. The molecule has 0 aliphatic rings. The van der Waals surface area contributed by atoms with Crippen molar-refractivity contribution in [3.8, 4) is 0 Å². The first-order valence-electron chi connectivity index (χ1n) is 7.32. The first-order valence-corrected chi connectivity index (χ1v) is 7.32. The van der Waals surface area contributed by atoms with Crippen LogP contribution in [0.25, 0.3) is 0 Å². The van der Waals surface area contributed by atoms with E-state index in [1.165, 1.54) is 36.7 Å². The summed E-state index contributed by atoms with van der Waals surface area (Å²) in [6.07, 6.45) is 2.62. The summed E-state index contributed by atoms with van der Waals surface area (Å²) in [5, 5.41) is 2.53. The van der Waals surface area contributed by atoms with Gasteiger partial charge in [0.15, 0.2) is 18.1 Å². The number of nitrogens with two attached hydrogens (primary N) is 1. The number of amides is 1. The van der Waals surface area contributed by atoms with Crippen LogP contribution in [-0.2, 0) is 14.3 Å². The van der Waals surface area contributed by atoms with E-state index in [0.717, 1.165) is 0 Å². The molecule has 1 heterocycles. The van der Waals surface area contributed by atoms with E-state index in [0.29, 0.717) is 11.3 Å². The van der Waals surface area contributed by atoms with Crippen LogP contribution in [0.4, 0.5) is 11.5 Å². The lowest BCUT2D eigenvalue weighted by atomic mass is 10.2. The average molecular weight is 344 g/mol. The molecule has 0 spiro atoms. The van der Waals surface area contributed by atoms with Crippen molar-refractivity contribution in [1.29, 1.82) is 0 Å². The van der Waals surface area contributed by atoms with Gasteiger partial charge in [0.05, 0.1) is 12.2 Å². The molecule has 0 saturated carbocycles. The molecule has 9 nitrogen and oxygen atoms in total. The Hall–Kier alpha value is -3.49. The Morgan fingerprint density at radius 3 is 2.36 bits per heavy atom. The Balaban J connectivity index is 1.87. The van der Waals surface area contributed by atoms with Crippen LogP contribution in [0.15, 0.2) is 36.7 Å². The third-order valence-electron chi connectivity index (χ3n) is 2.93. The van der Waals surface area contributed by atoms with Gasteiger partial charge in [-0.15, -0.1) is 0 Å². The van der Waals surface area contributed by atoms with E-state index < -0.39 is 24.5 Å². The average Bonchev–Trinajstić information content (AvgIpc) is 2.61. The highest BCUT2D eigenvalue weighted by atomic mass is 16.5. The highest BCUT2D eigenvalue weighted by Gasteiger charge is 2.15. The summed E-state index contributed by atoms with van der Waals surface area (Å²) in [7, 11) is 0. The van der Waals surface area contributed by atoms with Gasteiger partial charge in [-0.3, -0.25) is 4.79 Å². The Kier molecular flexibility index (Phi) is 5.99. The van der Waals surface area contributed by atoms with Crippen LogP contribution >= 0.6 is 0 Å². The van der Waals surface area contributed by atoms with E-state index in [1.54, 1.807) is 6.92 Å². The molecule has 0 bridgehead atoms. The quantitative estimate of drug-likeness (QED) is 0.742. The normalized spacial score (nSPS) is 9.96. The largest absolute Gasteiger partial charge is 0.462 e. The fourth-order valence-corrected chi connectivity index (χ4v) is 1.81. The Labute approximate surface area is 143 Å². The van der Waals surface area contributed by atoms with Gasteiger partial charge in [0.2, 0.25) is 0 Å². The SMILES string of the molecule is CCOC(=O)c1ccc(NC(=O)COC(=O)c2nccnc2N)cc1. The summed E-state index contributed by atoms with van der Waals surface area (Å²) in [6.45, 7) is 1.47. The fraction of sp³-hybridized carbons (Fsp3) is 0.188. The van der Waals surface area contributed by atoms with Crippen LogP contribution in [0, 0.1) is 0 Å². The second kappa shape index (κ2) is 8.39. The van der Waals surface area contributed by atoms with Crippen molar-refractivity contribution in [2.45, 2.75) is 6.92 Å². The van der Waals surface area contributed by atoms with Gasteiger partial charge in [-0.25, -0.2) is 19.6 Å². The molecule has 2 aromatic rings. The van der Waals surface area contributed by atoms with Crippen molar-refractivity contribution in [2.24, 2.45) is 0 Å². The van der Waals surface area contributed by atoms with Crippen LogP contribution in [0.1, 0.15) is 27.8 Å². The number of carbonyl (C=O) groups excluding carboxylic acids is 3. The Morgan fingerprint density at radius 1 is 1.04 bits per heavy atom. The van der Waals surface area contributed by atoms with Crippen LogP contribution in [0.2, 0.25) is 0 Å². The molecule has 1 aromatic heterocycles. The standard InChI is InChI=1S/C16H16N4O5/c1-2-24-15(22)10-3-5-11(6-4-10)20-12(21)9-25-16(23)13-14(17)19-8-7-18-13/h3-8H,2,9H2,1H3,(H2,17,19)(H,20,21). The molecule has 0 aliphatic heterocycles. The number of nitrogen functional groups attached to an aromatic ring is 1. The minimum atomic E-state index is -0.849. The second-order valence-corrected chi connectivity index (χ2v) is 4.71. The summed E-state index contributed by atoms with van der Waals surface area (Å²) in [5.74, 6) is -1.93. The number of hydrogen-bond acceptors (Lipinski definition) is 8. The number of ether oxygens (including phenoxy) is 2. The van der Waals surface area contributed by atoms with Crippen LogP contribution < -0.4 is 11.1 Å². The van der Waals surface area contributed by atoms with Crippen molar-refractivity contribution in [2.75, 3.05) is 24.3 Å². The molecule has 9 heteroatoms. The fourth-order valence-electron chi connectivity index (χ4n) is 1.81. The number of anilines is 2. The number of esters is 2. The van der Waals surface area contributed by atoms with Gasteiger partial charge in [-0.2, -0.15) is 0 Å². The van der Waals surface area contributed by atoms with Crippen molar-refractivity contribution >= 4 is 29.4 Å². The minimum absolute atomic E-state index is 0.0811. The third kappa shape index (κ3) is 4.99. The first-order chi connectivity index (χ1) is 12.0. The zero-order valence-electron chi connectivity index (χ0n) is 13.4. The van der Waals surface area contributed by atoms with E-state index in [2.05, 4.69) is 15.3 Å². The van der Waals surface area contributed by atoms with Gasteiger partial charge < -0.3 is 20.5 Å². The van der Waals surface area contributed by atoms with Gasteiger partial charge in [0.1, 0.15) is 0 Å². The maximum absolute atomic E-state index is 11.8. The van der Waals surface area contributed by atoms with E-state index >= 15 is 0 Å². The van der Waals surface area contributed by atoms with E-state index in [4.69, 9.17) is 15.2 Å². The Bertz CT molecular complexity index is 776. The highest BCUT2D eigenvalue weighted by molar-refractivity contribution is 5.97. The molecule has 130 valence electrons. The molecule has 0 radical (unpaired) electrons. The number of benzene rings is 1. The second-order valence-electron chi connectivity index (χ2n) is 4.71. The van der Waals surface area contributed by atoms with Crippen LogP contribution in [-0.4, -0.2) is 41.0 Å². The van der Waals surface area contributed by atoms with Crippen molar-refractivity contribution in [3.05, 3.63) is 47.9 Å². The molecule has 0 saturated heterocycles. The third-order valence-corrected chi connectivity index (χ3v) is 2.93. The van der Waals surface area contributed by atoms with Crippen molar-refractivity contribution < 1.29 is 23.9 Å². The molecule has 0 atom stereocenters. The number of carbonyl (C=O) groups is 3. The maximum atomic E-state index is 11.8. The lowest BCUT2D eigenvalue weighted by Gasteiger charge is -2.07. The van der Waals surface area contributed by atoms with Gasteiger partial charge in [0.25, 0.3) is 5.91 Å². The molecular weight excluding hydrogens is 328 g/mol. The summed E-state index contributed by atoms with van der Waals surface area (Å²) in [5.41, 5.74) is 6.14. The summed E-state index contributed by atoms with van der Waals surface area (Å²) in [6, 6.07) is 6.10. The summed E-state index contributed by atoms with van der Waals surface area (Å²) in [4.78, 5) is 42.6. The number of nitrogens with one attached hydrogen (secondary N) is 1. The molecule has 1 amide bonds. The molecule has 1 aromatic carbocycles. The zero-order chi connectivity index (χ0) is 18.2. The molecule has 0 aliphatic carbocycles. The van der Waals surface area contributed by atoms with Crippen molar-refractivity contribution in [3.63, 3.8) is 0 Å². The molecule has 2 rings (SSSR count). The number of rotatable bonds is 6. The smallest absolute Gasteiger partial charge is 0.361 e. The monoisotopic (exact) mass is 344 g/mol. The van der Waals surface area contributed by atoms with Crippen LogP contribution in [0.3, 0.4) is 0 Å². The summed E-state index contributed by atoms with van der Waals surface area (Å²) >= 11 is 0.